The van der Waals surface area contributed by atoms with Gasteiger partial charge in [-0.1, -0.05) is 45.0 Å². The SMILES string of the molecule is COc1c(NC(=O)Nc2ccc(Oc3ccnc(Nc4cc(C)c(C(=O)O)c(C)c4)c3)c3ccccc23)cc(C(C)(C)C)cc1NS(C)=O. The molecule has 49 heavy (non-hydrogen) atoms. The van der Waals surface area contributed by atoms with Crippen molar-refractivity contribution in [2.75, 3.05) is 34.0 Å². The molecule has 1 atom stereocenters. The van der Waals surface area contributed by atoms with Crippen molar-refractivity contribution < 1.29 is 28.4 Å². The maximum Gasteiger partial charge on any atom is 0.336 e. The monoisotopic (exact) mass is 681 g/mol. The maximum atomic E-state index is 13.4. The van der Waals surface area contributed by atoms with E-state index in [4.69, 9.17) is 9.47 Å². The molecule has 5 rings (SSSR count). The number of carboxylic acids is 1. The first kappa shape index (κ1) is 34.7. The number of anilines is 5. The summed E-state index contributed by atoms with van der Waals surface area (Å²) in [6, 6.07) is 21.4. The molecular weight excluding hydrogens is 643 g/mol. The maximum absolute atomic E-state index is 13.4. The summed E-state index contributed by atoms with van der Waals surface area (Å²) in [4.78, 5) is 29.4. The molecule has 0 radical (unpaired) electrons. The fourth-order valence-corrected chi connectivity index (χ4v) is 6.00. The molecule has 0 fully saturated rings. The van der Waals surface area contributed by atoms with Gasteiger partial charge in [-0.25, -0.2) is 18.8 Å². The third-order valence-corrected chi connectivity index (χ3v) is 8.28. The predicted molar refractivity (Wildman–Crippen MR) is 196 cm³/mol. The minimum absolute atomic E-state index is 0.256. The number of aromatic nitrogens is 1. The van der Waals surface area contributed by atoms with Crippen LogP contribution in [0.1, 0.15) is 47.8 Å². The van der Waals surface area contributed by atoms with Crippen LogP contribution in [0.2, 0.25) is 0 Å². The summed E-state index contributed by atoms with van der Waals surface area (Å²) < 4.78 is 26.9. The van der Waals surface area contributed by atoms with Crippen molar-refractivity contribution >= 4 is 62.3 Å². The number of benzene rings is 4. The molecule has 1 heterocycles. The number of rotatable bonds is 10. The van der Waals surface area contributed by atoms with Crippen molar-refractivity contribution in [3.63, 3.8) is 0 Å². The molecule has 2 amide bonds. The second-order valence-corrected chi connectivity index (χ2v) is 13.7. The highest BCUT2D eigenvalue weighted by molar-refractivity contribution is 7.85. The Morgan fingerprint density at radius 3 is 2.14 bits per heavy atom. The molecule has 0 aliphatic rings. The largest absolute Gasteiger partial charge is 0.492 e. The van der Waals surface area contributed by atoms with Crippen molar-refractivity contribution in [1.29, 1.82) is 0 Å². The highest BCUT2D eigenvalue weighted by atomic mass is 32.2. The fourth-order valence-electron chi connectivity index (χ4n) is 5.54. The summed E-state index contributed by atoms with van der Waals surface area (Å²) in [7, 11) is 0.134. The van der Waals surface area contributed by atoms with Crippen molar-refractivity contribution in [2.24, 2.45) is 0 Å². The van der Waals surface area contributed by atoms with E-state index in [-0.39, 0.29) is 11.0 Å². The first-order valence-electron chi connectivity index (χ1n) is 15.4. The van der Waals surface area contributed by atoms with E-state index in [1.165, 1.54) is 13.4 Å². The number of methoxy groups -OCH3 is 1. The van der Waals surface area contributed by atoms with Crippen LogP contribution in [0, 0.1) is 13.8 Å². The number of urea groups is 1. The Morgan fingerprint density at radius 2 is 1.51 bits per heavy atom. The Morgan fingerprint density at radius 1 is 0.857 bits per heavy atom. The van der Waals surface area contributed by atoms with E-state index in [1.807, 2.05) is 57.2 Å². The number of nitrogens with one attached hydrogen (secondary N) is 4. The zero-order valence-electron chi connectivity index (χ0n) is 28.3. The summed E-state index contributed by atoms with van der Waals surface area (Å²) in [5.74, 6) is 1.02. The number of nitrogens with zero attached hydrogens (tertiary/aromatic N) is 1. The Balaban J connectivity index is 1.38. The second-order valence-electron chi connectivity index (χ2n) is 12.5. The van der Waals surface area contributed by atoms with E-state index in [0.717, 1.165) is 16.3 Å². The van der Waals surface area contributed by atoms with Gasteiger partial charge in [-0.05, 0) is 78.4 Å². The Labute approximate surface area is 287 Å². The summed E-state index contributed by atoms with van der Waals surface area (Å²) in [5, 5.41) is 20.1. The molecule has 0 aliphatic carbocycles. The number of carbonyl (C=O) groups is 2. The van der Waals surface area contributed by atoms with Crippen LogP contribution in [0.15, 0.2) is 79.0 Å². The molecule has 5 aromatic rings. The number of fused-ring (bicyclic) bond motifs is 1. The zero-order valence-corrected chi connectivity index (χ0v) is 29.2. The first-order valence-corrected chi connectivity index (χ1v) is 17.0. The number of hydrogen-bond acceptors (Lipinski definition) is 7. The summed E-state index contributed by atoms with van der Waals surface area (Å²) in [6.07, 6.45) is 3.14. The molecule has 0 spiro atoms. The molecule has 0 saturated carbocycles. The molecular formula is C37H39N5O6S. The Kier molecular flexibility index (Phi) is 10.1. The average Bonchev–Trinajstić information content (AvgIpc) is 3.01. The van der Waals surface area contributed by atoms with Gasteiger partial charge >= 0.3 is 12.0 Å². The van der Waals surface area contributed by atoms with Crippen LogP contribution in [0.4, 0.5) is 33.4 Å². The molecule has 1 unspecified atom stereocenters. The number of aromatic carboxylic acids is 1. The average molecular weight is 682 g/mol. The molecule has 0 bridgehead atoms. The van der Waals surface area contributed by atoms with Gasteiger partial charge in [0.1, 0.15) is 28.3 Å². The summed E-state index contributed by atoms with van der Waals surface area (Å²) in [5.41, 5.74) is 4.43. The van der Waals surface area contributed by atoms with Crippen molar-refractivity contribution in [2.45, 2.75) is 40.0 Å². The third kappa shape index (κ3) is 8.10. The molecule has 254 valence electrons. The van der Waals surface area contributed by atoms with Gasteiger partial charge in [0.05, 0.1) is 29.7 Å². The minimum Gasteiger partial charge on any atom is -0.492 e. The van der Waals surface area contributed by atoms with Gasteiger partial charge in [0.15, 0.2) is 5.75 Å². The number of amides is 2. The predicted octanol–water partition coefficient (Wildman–Crippen LogP) is 8.74. The fraction of sp³-hybridized carbons (Fsp3) is 0.216. The highest BCUT2D eigenvalue weighted by Crippen LogP contribution is 2.40. The van der Waals surface area contributed by atoms with E-state index in [2.05, 4.69) is 25.7 Å². The standard InChI is InChI=1S/C37H39N5O6S/c1-21-16-24(17-22(2)33(21)35(43)44)39-32-20-25(14-15-38-32)48-31-13-12-28(26-10-8-9-11-27(26)31)40-36(45)41-29-18-23(37(3,4)5)19-30(34(29)47-6)42-49(7)46/h8-20,42H,1-7H3,(H,38,39)(H,43,44)(H2,40,41,45). The Bertz CT molecular complexity index is 2070. The molecule has 4 aromatic carbocycles. The second kappa shape index (κ2) is 14.2. The van der Waals surface area contributed by atoms with Crippen LogP contribution in [0.25, 0.3) is 10.8 Å². The van der Waals surface area contributed by atoms with Crippen molar-refractivity contribution in [1.82, 2.24) is 4.98 Å². The van der Waals surface area contributed by atoms with Crippen LogP contribution in [0.3, 0.4) is 0 Å². The van der Waals surface area contributed by atoms with E-state index < -0.39 is 23.0 Å². The number of carboxylic acid groups (broad SMARTS) is 1. The molecule has 0 saturated heterocycles. The third-order valence-electron chi connectivity index (χ3n) is 7.77. The lowest BCUT2D eigenvalue weighted by Crippen LogP contribution is -2.21. The lowest BCUT2D eigenvalue weighted by molar-refractivity contribution is 0.0695. The zero-order chi connectivity index (χ0) is 35.5. The topological polar surface area (TPSA) is 151 Å². The molecule has 12 heteroatoms. The van der Waals surface area contributed by atoms with Gasteiger partial charge in [0, 0.05) is 35.0 Å². The van der Waals surface area contributed by atoms with Gasteiger partial charge in [-0.3, -0.25) is 0 Å². The normalized spacial score (nSPS) is 11.8. The summed E-state index contributed by atoms with van der Waals surface area (Å²) >= 11 is 0. The van der Waals surface area contributed by atoms with Crippen molar-refractivity contribution in [3.8, 4) is 17.2 Å². The lowest BCUT2D eigenvalue weighted by atomic mass is 9.86. The molecule has 0 aliphatic heterocycles. The van der Waals surface area contributed by atoms with E-state index in [9.17, 15) is 18.9 Å². The van der Waals surface area contributed by atoms with Crippen LogP contribution in [-0.2, 0) is 16.4 Å². The highest BCUT2D eigenvalue weighted by Gasteiger charge is 2.22. The van der Waals surface area contributed by atoms with Crippen LogP contribution in [0.5, 0.6) is 17.2 Å². The molecule has 11 nitrogen and oxygen atoms in total. The van der Waals surface area contributed by atoms with Gasteiger partial charge in [-0.2, -0.15) is 0 Å². The van der Waals surface area contributed by atoms with E-state index in [1.54, 1.807) is 56.4 Å². The van der Waals surface area contributed by atoms with Crippen molar-refractivity contribution in [3.05, 3.63) is 101 Å². The van der Waals surface area contributed by atoms with Gasteiger partial charge < -0.3 is 35.3 Å². The van der Waals surface area contributed by atoms with Gasteiger partial charge in [0.2, 0.25) is 0 Å². The number of carbonyl (C=O) groups excluding carboxylic acids is 1. The quantitative estimate of drug-likeness (QED) is 0.0982. The lowest BCUT2D eigenvalue weighted by Gasteiger charge is -2.24. The van der Waals surface area contributed by atoms with Crippen LogP contribution in [-0.4, -0.2) is 39.7 Å². The number of aryl methyl sites for hydroxylation is 2. The first-order chi connectivity index (χ1) is 23.2. The molecule has 1 aromatic heterocycles. The number of ether oxygens (including phenoxy) is 2. The Hall–Kier alpha value is -5.62. The van der Waals surface area contributed by atoms with Gasteiger partial charge in [-0.15, -0.1) is 0 Å². The molecule has 5 N–H and O–H groups in total. The minimum atomic E-state index is -1.36. The van der Waals surface area contributed by atoms with Gasteiger partial charge in [0.25, 0.3) is 0 Å². The van der Waals surface area contributed by atoms with E-state index >= 15 is 0 Å². The summed E-state index contributed by atoms with van der Waals surface area (Å²) in [6.45, 7) is 9.66. The number of pyridine rings is 1. The smallest absolute Gasteiger partial charge is 0.336 e. The van der Waals surface area contributed by atoms with Crippen LogP contribution >= 0.6 is 0 Å². The van der Waals surface area contributed by atoms with E-state index in [0.29, 0.717) is 56.9 Å². The number of hydrogen-bond donors (Lipinski definition) is 5. The van der Waals surface area contributed by atoms with Crippen LogP contribution < -0.4 is 30.1 Å².